The fourth-order valence-corrected chi connectivity index (χ4v) is 2.07. The first-order valence-electron chi connectivity index (χ1n) is 5.52. The average Bonchev–Trinajstić information content (AvgIpc) is 2.40. The number of rotatable bonds is 4. The number of aliphatic hydroxyl groups is 1. The van der Waals surface area contributed by atoms with Gasteiger partial charge in [-0.3, -0.25) is 10.1 Å². The first-order chi connectivity index (χ1) is 9.51. The Morgan fingerprint density at radius 2 is 2.10 bits per heavy atom. The Labute approximate surface area is 121 Å². The van der Waals surface area contributed by atoms with Gasteiger partial charge >= 0.3 is 5.69 Å². The fourth-order valence-electron chi connectivity index (χ4n) is 1.63. The van der Waals surface area contributed by atoms with Gasteiger partial charge in [0.15, 0.2) is 0 Å². The number of hydrogen-bond acceptors (Lipinski definition) is 4. The first kappa shape index (κ1) is 14.4. The van der Waals surface area contributed by atoms with Crippen molar-refractivity contribution in [1.82, 2.24) is 0 Å². The Bertz CT molecular complexity index is 663. The van der Waals surface area contributed by atoms with Crippen LogP contribution in [-0.2, 0) is 6.61 Å². The number of aliphatic hydroxyl groups excluding tert-OH is 1. The van der Waals surface area contributed by atoms with Crippen LogP contribution in [-0.4, -0.2) is 10.0 Å². The van der Waals surface area contributed by atoms with Crippen molar-refractivity contribution in [2.45, 2.75) is 6.61 Å². The maximum Gasteiger partial charge on any atom is 0.312 e. The third-order valence-corrected chi connectivity index (χ3v) is 3.10. The Balaban J connectivity index is 2.44. The SMILES string of the molecule is O=[N+]([O-])c1cccc(Br)c1Oc1cc(F)cc(CO)c1. The first-order valence-corrected chi connectivity index (χ1v) is 6.31. The largest absolute Gasteiger partial charge is 0.449 e. The molecule has 7 heteroatoms. The highest BCUT2D eigenvalue weighted by molar-refractivity contribution is 9.10. The highest BCUT2D eigenvalue weighted by Crippen LogP contribution is 2.38. The Kier molecular flexibility index (Phi) is 4.31. The smallest absolute Gasteiger partial charge is 0.312 e. The van der Waals surface area contributed by atoms with Gasteiger partial charge in [-0.2, -0.15) is 0 Å². The predicted octanol–water partition coefficient (Wildman–Crippen LogP) is 3.78. The molecule has 104 valence electrons. The summed E-state index contributed by atoms with van der Waals surface area (Å²) in [6.07, 6.45) is 0. The summed E-state index contributed by atoms with van der Waals surface area (Å²) in [5.74, 6) is -0.544. The van der Waals surface area contributed by atoms with Crippen molar-refractivity contribution >= 4 is 21.6 Å². The topological polar surface area (TPSA) is 72.6 Å². The van der Waals surface area contributed by atoms with E-state index in [-0.39, 0.29) is 23.8 Å². The number of hydrogen-bond donors (Lipinski definition) is 1. The molecule has 5 nitrogen and oxygen atoms in total. The van der Waals surface area contributed by atoms with Gasteiger partial charge in [0.25, 0.3) is 0 Å². The van der Waals surface area contributed by atoms with Crippen LogP contribution >= 0.6 is 15.9 Å². The third kappa shape index (κ3) is 3.12. The third-order valence-electron chi connectivity index (χ3n) is 2.48. The number of nitro groups is 1. The standard InChI is InChI=1S/C13H9BrFNO4/c14-11-2-1-3-12(16(18)19)13(11)20-10-5-8(7-17)4-9(15)6-10/h1-6,17H,7H2. The number of ether oxygens (including phenoxy) is 1. The average molecular weight is 342 g/mol. The van der Waals surface area contributed by atoms with Crippen LogP contribution in [0.25, 0.3) is 0 Å². The molecule has 0 atom stereocenters. The zero-order chi connectivity index (χ0) is 14.7. The predicted molar refractivity (Wildman–Crippen MR) is 73.2 cm³/mol. The summed E-state index contributed by atoms with van der Waals surface area (Å²) in [5, 5.41) is 20.0. The molecular formula is C13H9BrFNO4. The van der Waals surface area contributed by atoms with Crippen molar-refractivity contribution in [3.63, 3.8) is 0 Å². The van der Waals surface area contributed by atoms with Crippen LogP contribution in [0.15, 0.2) is 40.9 Å². The summed E-state index contributed by atoms with van der Waals surface area (Å²) in [4.78, 5) is 10.4. The second-order valence-corrected chi connectivity index (χ2v) is 4.75. The van der Waals surface area contributed by atoms with Crippen molar-refractivity contribution in [2.24, 2.45) is 0 Å². The number of benzene rings is 2. The molecule has 0 bridgehead atoms. The van der Waals surface area contributed by atoms with Gasteiger partial charge in [0.05, 0.1) is 16.0 Å². The summed E-state index contributed by atoms with van der Waals surface area (Å²) in [6.45, 7) is -0.355. The van der Waals surface area contributed by atoms with E-state index in [1.807, 2.05) is 0 Å². The van der Waals surface area contributed by atoms with E-state index in [0.29, 0.717) is 10.0 Å². The van der Waals surface area contributed by atoms with E-state index in [2.05, 4.69) is 15.9 Å². The van der Waals surface area contributed by atoms with Crippen molar-refractivity contribution in [3.8, 4) is 11.5 Å². The van der Waals surface area contributed by atoms with Crippen molar-refractivity contribution in [3.05, 3.63) is 62.4 Å². The molecule has 0 spiro atoms. The Morgan fingerprint density at radius 1 is 1.35 bits per heavy atom. The van der Waals surface area contributed by atoms with E-state index in [0.717, 1.165) is 12.1 Å². The molecule has 0 aromatic heterocycles. The van der Waals surface area contributed by atoms with Gasteiger partial charge < -0.3 is 9.84 Å². The van der Waals surface area contributed by atoms with E-state index < -0.39 is 10.7 Å². The lowest BCUT2D eigenvalue weighted by Crippen LogP contribution is -1.95. The molecule has 1 N–H and O–H groups in total. The van der Waals surface area contributed by atoms with Crippen LogP contribution in [0.2, 0.25) is 0 Å². The van der Waals surface area contributed by atoms with Gasteiger partial charge in [0.1, 0.15) is 11.6 Å². The summed E-state index contributed by atoms with van der Waals surface area (Å²) in [6, 6.07) is 8.01. The molecule has 0 radical (unpaired) electrons. The second-order valence-electron chi connectivity index (χ2n) is 3.90. The molecule has 0 aliphatic heterocycles. The molecule has 0 unspecified atom stereocenters. The molecule has 20 heavy (non-hydrogen) atoms. The van der Waals surface area contributed by atoms with Crippen LogP contribution in [0.4, 0.5) is 10.1 Å². The molecule has 2 aromatic carbocycles. The molecule has 0 fully saturated rings. The zero-order valence-electron chi connectivity index (χ0n) is 10.0. The van der Waals surface area contributed by atoms with Crippen LogP contribution in [0.3, 0.4) is 0 Å². The summed E-state index contributed by atoms with van der Waals surface area (Å²) < 4.78 is 19.1. The van der Waals surface area contributed by atoms with Crippen LogP contribution in [0.1, 0.15) is 5.56 Å². The minimum absolute atomic E-state index is 0.0213. The maximum absolute atomic E-state index is 13.3. The van der Waals surface area contributed by atoms with Gasteiger partial charge in [0, 0.05) is 12.1 Å². The minimum Gasteiger partial charge on any atom is -0.449 e. The lowest BCUT2D eigenvalue weighted by molar-refractivity contribution is -0.385. The van der Waals surface area contributed by atoms with Gasteiger partial charge in [-0.05, 0) is 39.7 Å². The van der Waals surface area contributed by atoms with Crippen molar-refractivity contribution < 1.29 is 19.2 Å². The van der Waals surface area contributed by atoms with E-state index in [1.54, 1.807) is 6.07 Å². The monoisotopic (exact) mass is 341 g/mol. The molecule has 2 aromatic rings. The van der Waals surface area contributed by atoms with Gasteiger partial charge in [-0.1, -0.05) is 6.07 Å². The van der Waals surface area contributed by atoms with E-state index in [9.17, 15) is 14.5 Å². The van der Waals surface area contributed by atoms with E-state index in [4.69, 9.17) is 9.84 Å². The maximum atomic E-state index is 13.3. The highest BCUT2D eigenvalue weighted by Gasteiger charge is 2.19. The number of nitro benzene ring substituents is 1. The lowest BCUT2D eigenvalue weighted by Gasteiger charge is -2.09. The Morgan fingerprint density at radius 3 is 2.75 bits per heavy atom. The number of para-hydroxylation sites is 1. The molecular weight excluding hydrogens is 333 g/mol. The normalized spacial score (nSPS) is 10.3. The summed E-state index contributed by atoms with van der Waals surface area (Å²) in [7, 11) is 0. The van der Waals surface area contributed by atoms with Gasteiger partial charge in [-0.25, -0.2) is 4.39 Å². The van der Waals surface area contributed by atoms with Crippen LogP contribution in [0.5, 0.6) is 11.5 Å². The second kappa shape index (κ2) is 5.98. The Hall–Kier alpha value is -1.99. The summed E-state index contributed by atoms with van der Waals surface area (Å²) >= 11 is 3.15. The van der Waals surface area contributed by atoms with Gasteiger partial charge in [0.2, 0.25) is 5.75 Å². The molecule has 2 rings (SSSR count). The molecule has 0 saturated carbocycles. The molecule has 0 heterocycles. The minimum atomic E-state index is -0.596. The van der Waals surface area contributed by atoms with Crippen LogP contribution in [0, 0.1) is 15.9 Å². The van der Waals surface area contributed by atoms with E-state index in [1.165, 1.54) is 18.2 Å². The lowest BCUT2D eigenvalue weighted by atomic mass is 10.2. The summed E-state index contributed by atoms with van der Waals surface area (Å²) in [5.41, 5.74) is 0.0730. The molecule has 0 aliphatic carbocycles. The van der Waals surface area contributed by atoms with Gasteiger partial charge in [-0.15, -0.1) is 0 Å². The fraction of sp³-hybridized carbons (Fsp3) is 0.0769. The highest BCUT2D eigenvalue weighted by atomic mass is 79.9. The zero-order valence-corrected chi connectivity index (χ0v) is 11.6. The van der Waals surface area contributed by atoms with Crippen molar-refractivity contribution in [2.75, 3.05) is 0 Å². The van der Waals surface area contributed by atoms with E-state index >= 15 is 0 Å². The molecule has 0 saturated heterocycles. The quantitative estimate of drug-likeness (QED) is 0.678. The molecule has 0 aliphatic rings. The molecule has 0 amide bonds. The van der Waals surface area contributed by atoms with Crippen molar-refractivity contribution in [1.29, 1.82) is 0 Å². The number of nitrogens with zero attached hydrogens (tertiary/aromatic N) is 1. The van der Waals surface area contributed by atoms with Crippen LogP contribution < -0.4 is 4.74 Å². The number of halogens is 2.